The van der Waals surface area contributed by atoms with Crippen molar-refractivity contribution in [2.75, 3.05) is 5.73 Å². The molecular formula is C15H22BNO3. The van der Waals surface area contributed by atoms with Gasteiger partial charge in [0.2, 0.25) is 0 Å². The smallest absolute Gasteiger partial charge is 0.490 e. The summed E-state index contributed by atoms with van der Waals surface area (Å²) in [5.74, 6) is 0.803. The van der Waals surface area contributed by atoms with Crippen LogP contribution in [0.25, 0.3) is 0 Å². The first kappa shape index (κ1) is 13.8. The lowest BCUT2D eigenvalue weighted by Crippen LogP contribution is -2.41. The van der Waals surface area contributed by atoms with Crippen LogP contribution in [-0.4, -0.2) is 24.4 Å². The van der Waals surface area contributed by atoms with E-state index in [1.54, 1.807) is 0 Å². The molecular weight excluding hydrogens is 253 g/mol. The zero-order valence-corrected chi connectivity index (χ0v) is 12.6. The summed E-state index contributed by atoms with van der Waals surface area (Å²) in [6.45, 7) is 8.17. The Morgan fingerprint density at radius 2 is 1.70 bits per heavy atom. The van der Waals surface area contributed by atoms with Crippen molar-refractivity contribution in [2.24, 2.45) is 0 Å². The van der Waals surface area contributed by atoms with Crippen molar-refractivity contribution in [3.63, 3.8) is 0 Å². The van der Waals surface area contributed by atoms with E-state index in [1.165, 1.54) is 0 Å². The minimum Gasteiger partial charge on any atom is -0.490 e. The number of hydrogen-bond donors (Lipinski definition) is 1. The van der Waals surface area contributed by atoms with Crippen molar-refractivity contribution < 1.29 is 14.0 Å². The lowest BCUT2D eigenvalue weighted by molar-refractivity contribution is 0.00578. The van der Waals surface area contributed by atoms with Gasteiger partial charge < -0.3 is 19.8 Å². The molecule has 1 heterocycles. The summed E-state index contributed by atoms with van der Waals surface area (Å²) in [6.07, 6.45) is 2.60. The molecule has 2 fully saturated rings. The Labute approximate surface area is 120 Å². The fraction of sp³-hybridized carbons (Fsp3) is 0.600. The van der Waals surface area contributed by atoms with E-state index in [1.807, 2.05) is 45.9 Å². The second-order valence-corrected chi connectivity index (χ2v) is 6.74. The monoisotopic (exact) mass is 275 g/mol. The largest absolute Gasteiger partial charge is 0.495 e. The first-order valence-electron chi connectivity index (χ1n) is 7.20. The van der Waals surface area contributed by atoms with Crippen LogP contribution in [0.15, 0.2) is 18.2 Å². The highest BCUT2D eigenvalue weighted by molar-refractivity contribution is 6.62. The zero-order valence-electron chi connectivity index (χ0n) is 12.6. The maximum Gasteiger partial charge on any atom is 0.495 e. The van der Waals surface area contributed by atoms with E-state index in [0.29, 0.717) is 11.8 Å². The molecule has 1 aromatic carbocycles. The summed E-state index contributed by atoms with van der Waals surface area (Å²) in [6, 6.07) is 5.71. The molecule has 2 N–H and O–H groups in total. The zero-order chi connectivity index (χ0) is 14.5. The van der Waals surface area contributed by atoms with Crippen molar-refractivity contribution in [2.45, 2.75) is 57.8 Å². The minimum absolute atomic E-state index is 0.347. The second kappa shape index (κ2) is 4.40. The average molecular weight is 275 g/mol. The molecule has 0 atom stereocenters. The highest BCUT2D eigenvalue weighted by Gasteiger charge is 2.51. The van der Waals surface area contributed by atoms with Gasteiger partial charge >= 0.3 is 7.12 Å². The molecule has 0 amide bonds. The number of rotatable bonds is 3. The molecule has 0 bridgehead atoms. The normalized spacial score (nSPS) is 23.9. The Morgan fingerprint density at radius 1 is 1.10 bits per heavy atom. The molecule has 0 radical (unpaired) electrons. The minimum atomic E-state index is -0.398. The van der Waals surface area contributed by atoms with Crippen LogP contribution in [0, 0.1) is 0 Å². The third kappa shape index (κ3) is 2.52. The van der Waals surface area contributed by atoms with Crippen LogP contribution >= 0.6 is 0 Å². The summed E-state index contributed by atoms with van der Waals surface area (Å²) >= 11 is 0. The first-order chi connectivity index (χ1) is 9.27. The Bertz CT molecular complexity index is 510. The Hall–Kier alpha value is -1.20. The summed E-state index contributed by atoms with van der Waals surface area (Å²) in [4.78, 5) is 0. The number of benzene rings is 1. The maximum absolute atomic E-state index is 6.05. The predicted octanol–water partition coefficient (Wildman–Crippen LogP) is 2.11. The molecule has 4 nitrogen and oxygen atoms in total. The van der Waals surface area contributed by atoms with Crippen molar-refractivity contribution >= 4 is 18.3 Å². The van der Waals surface area contributed by atoms with E-state index in [2.05, 4.69) is 0 Å². The van der Waals surface area contributed by atoms with Crippen molar-refractivity contribution in [1.82, 2.24) is 0 Å². The predicted molar refractivity (Wildman–Crippen MR) is 80.2 cm³/mol. The van der Waals surface area contributed by atoms with Crippen molar-refractivity contribution in [1.29, 1.82) is 0 Å². The molecule has 0 aromatic heterocycles. The molecule has 0 unspecified atom stereocenters. The molecule has 20 heavy (non-hydrogen) atoms. The van der Waals surface area contributed by atoms with E-state index in [-0.39, 0.29) is 11.2 Å². The van der Waals surface area contributed by atoms with Gasteiger partial charge in [-0.15, -0.1) is 0 Å². The number of nitrogens with two attached hydrogens (primary N) is 1. The molecule has 1 saturated carbocycles. The third-order valence-corrected chi connectivity index (χ3v) is 4.30. The third-order valence-electron chi connectivity index (χ3n) is 4.30. The summed E-state index contributed by atoms with van der Waals surface area (Å²) < 4.78 is 17.9. The molecule has 1 aliphatic heterocycles. The van der Waals surface area contributed by atoms with Crippen molar-refractivity contribution in [3.8, 4) is 5.75 Å². The van der Waals surface area contributed by atoms with Gasteiger partial charge in [0.15, 0.2) is 0 Å². The van der Waals surface area contributed by atoms with Crippen molar-refractivity contribution in [3.05, 3.63) is 18.2 Å². The molecule has 2 aliphatic rings. The Kier molecular flexibility index (Phi) is 3.03. The molecule has 0 spiro atoms. The summed E-state index contributed by atoms with van der Waals surface area (Å²) in [5, 5.41) is 0. The topological polar surface area (TPSA) is 53.7 Å². The van der Waals surface area contributed by atoms with Gasteiger partial charge in [0.25, 0.3) is 0 Å². The summed E-state index contributed by atoms with van der Waals surface area (Å²) in [5.41, 5.74) is 6.86. The molecule has 108 valence electrons. The number of hydrogen-bond acceptors (Lipinski definition) is 4. The van der Waals surface area contributed by atoms with E-state index in [4.69, 9.17) is 19.8 Å². The maximum atomic E-state index is 6.05. The Balaban J connectivity index is 1.85. The first-order valence-corrected chi connectivity index (χ1v) is 7.20. The number of ether oxygens (including phenoxy) is 1. The number of anilines is 1. The van der Waals surface area contributed by atoms with Gasteiger partial charge in [-0.1, -0.05) is 0 Å². The molecule has 3 rings (SSSR count). The van der Waals surface area contributed by atoms with Crippen LogP contribution in [0.4, 0.5) is 5.69 Å². The van der Waals surface area contributed by atoms with E-state index >= 15 is 0 Å². The van der Waals surface area contributed by atoms with E-state index < -0.39 is 7.12 Å². The van der Waals surface area contributed by atoms with Crippen LogP contribution in [0.2, 0.25) is 0 Å². The van der Waals surface area contributed by atoms with Gasteiger partial charge in [-0.2, -0.15) is 0 Å². The van der Waals surface area contributed by atoms with Crippen LogP contribution in [-0.2, 0) is 9.31 Å². The van der Waals surface area contributed by atoms with Crippen LogP contribution in [0.5, 0.6) is 5.75 Å². The average Bonchev–Trinajstić information content (AvgIpc) is 3.06. The van der Waals surface area contributed by atoms with Gasteiger partial charge in [0.05, 0.1) is 17.3 Å². The van der Waals surface area contributed by atoms with E-state index in [0.717, 1.165) is 24.1 Å². The van der Waals surface area contributed by atoms with Gasteiger partial charge in [-0.3, -0.25) is 0 Å². The van der Waals surface area contributed by atoms with E-state index in [9.17, 15) is 0 Å². The number of nitrogen functional groups attached to an aromatic ring is 1. The fourth-order valence-electron chi connectivity index (χ4n) is 2.21. The molecule has 5 heteroatoms. The van der Waals surface area contributed by atoms with Gasteiger partial charge in [-0.05, 0) is 58.1 Å². The summed E-state index contributed by atoms with van der Waals surface area (Å²) in [7, 11) is -0.398. The van der Waals surface area contributed by atoms with Gasteiger partial charge in [0.1, 0.15) is 5.75 Å². The molecule has 1 aromatic rings. The SMILES string of the molecule is CC1(C)OB(c2cc(N)cc(OC3CC3)c2)OC1(C)C. The lowest BCUT2D eigenvalue weighted by Gasteiger charge is -2.32. The standard InChI is InChI=1S/C15H22BNO3/c1-14(2)15(3,4)20-16(19-14)10-7-11(17)9-13(8-10)18-12-5-6-12/h7-9,12H,5-6,17H2,1-4H3. The van der Waals surface area contributed by atoms with Crippen LogP contribution in [0.1, 0.15) is 40.5 Å². The quantitative estimate of drug-likeness (QED) is 0.678. The van der Waals surface area contributed by atoms with Gasteiger partial charge in [0, 0.05) is 11.8 Å². The lowest BCUT2D eigenvalue weighted by atomic mass is 9.79. The highest BCUT2D eigenvalue weighted by atomic mass is 16.7. The molecule has 1 saturated heterocycles. The van der Waals surface area contributed by atoms with Crippen LogP contribution in [0.3, 0.4) is 0 Å². The van der Waals surface area contributed by atoms with Crippen LogP contribution < -0.4 is 15.9 Å². The molecule has 1 aliphatic carbocycles. The highest BCUT2D eigenvalue weighted by Crippen LogP contribution is 2.37. The second-order valence-electron chi connectivity index (χ2n) is 6.74. The van der Waals surface area contributed by atoms with Gasteiger partial charge in [-0.25, -0.2) is 0 Å². The fourth-order valence-corrected chi connectivity index (χ4v) is 2.21. The Morgan fingerprint density at radius 3 is 2.25 bits per heavy atom.